The molecule has 0 spiro atoms. The van der Waals surface area contributed by atoms with Crippen molar-refractivity contribution < 1.29 is 33.0 Å². The van der Waals surface area contributed by atoms with Crippen LogP contribution in [0.3, 0.4) is 0 Å². The molecule has 32 heavy (non-hydrogen) atoms. The predicted molar refractivity (Wildman–Crippen MR) is 114 cm³/mol. The van der Waals surface area contributed by atoms with Crippen molar-refractivity contribution in [3.05, 3.63) is 70.3 Å². The van der Waals surface area contributed by atoms with Gasteiger partial charge < -0.3 is 19.4 Å². The van der Waals surface area contributed by atoms with E-state index in [0.29, 0.717) is 19.2 Å². The molecule has 3 rings (SSSR count). The van der Waals surface area contributed by atoms with Crippen molar-refractivity contribution in [3.8, 4) is 0 Å². The van der Waals surface area contributed by atoms with Crippen LogP contribution in [0.25, 0.3) is 0 Å². The van der Waals surface area contributed by atoms with Crippen LogP contribution in [0.1, 0.15) is 56.7 Å². The highest BCUT2D eigenvalue weighted by molar-refractivity contribution is 6.64. The van der Waals surface area contributed by atoms with Gasteiger partial charge in [-0.25, -0.2) is 13.6 Å². The molecule has 0 fully saturated rings. The lowest BCUT2D eigenvalue weighted by molar-refractivity contribution is 0.0599. The summed E-state index contributed by atoms with van der Waals surface area (Å²) in [6.45, 7) is 0.453. The molecule has 0 aliphatic carbocycles. The summed E-state index contributed by atoms with van der Waals surface area (Å²) in [5.74, 6) is -1.33. The molecule has 2 aromatic carbocycles. The number of fused-ring (bicyclic) bond motifs is 1. The molecule has 2 atom stereocenters. The van der Waals surface area contributed by atoms with E-state index in [1.807, 2.05) is 24.3 Å². The van der Waals surface area contributed by atoms with Crippen LogP contribution in [-0.2, 0) is 22.5 Å². The van der Waals surface area contributed by atoms with Gasteiger partial charge in [0, 0.05) is 30.1 Å². The molecule has 0 saturated carbocycles. The van der Waals surface area contributed by atoms with E-state index in [0.717, 1.165) is 24.3 Å². The normalized spacial score (nSPS) is 16.8. The molecule has 167 valence electrons. The topological polar surface area (TPSA) is 83.9 Å². The quantitative estimate of drug-likeness (QED) is 0.278. The van der Waals surface area contributed by atoms with Gasteiger partial charge in [0.15, 0.2) is 5.78 Å². The van der Waals surface area contributed by atoms with Crippen LogP contribution < -0.4 is 0 Å². The molecule has 0 unspecified atom stereocenters. The molecule has 1 aliphatic rings. The van der Waals surface area contributed by atoms with Crippen LogP contribution in [0.4, 0.5) is 8.78 Å². The Bertz CT molecular complexity index is 1000. The minimum Gasteiger partial charge on any atom is -0.465 e. The Balaban J connectivity index is 1.72. The number of aliphatic hydroxyl groups is 1. The molecule has 0 saturated heterocycles. The lowest BCUT2D eigenvalue weighted by atomic mass is 9.81. The number of aliphatic hydroxyl groups excluding tert-OH is 1. The summed E-state index contributed by atoms with van der Waals surface area (Å²) in [6, 6.07) is 10.7. The summed E-state index contributed by atoms with van der Waals surface area (Å²) in [4.78, 5) is 37.1. The van der Waals surface area contributed by atoms with E-state index in [1.165, 1.54) is 19.5 Å². The number of esters is 1. The van der Waals surface area contributed by atoms with Crippen molar-refractivity contribution >= 4 is 25.4 Å². The van der Waals surface area contributed by atoms with Gasteiger partial charge in [0.25, 0.3) is 13.8 Å². The number of alkyl halides is 2. The number of nitrogens with zero attached hydrogens (tertiary/aromatic N) is 1. The van der Waals surface area contributed by atoms with Gasteiger partial charge in [-0.05, 0) is 36.1 Å². The van der Waals surface area contributed by atoms with Crippen LogP contribution >= 0.6 is 0 Å². The molecule has 2 aromatic rings. The third-order valence-corrected chi connectivity index (χ3v) is 5.70. The fourth-order valence-corrected chi connectivity index (χ4v) is 4.01. The number of ether oxygens (including phenoxy) is 1. The van der Waals surface area contributed by atoms with Gasteiger partial charge in [-0.3, -0.25) is 4.79 Å². The van der Waals surface area contributed by atoms with Gasteiger partial charge in [-0.2, -0.15) is 0 Å². The molecule has 0 amide bonds. The number of halogens is 2. The van der Waals surface area contributed by atoms with E-state index < -0.39 is 35.9 Å². The van der Waals surface area contributed by atoms with E-state index in [9.17, 15) is 28.3 Å². The van der Waals surface area contributed by atoms with Crippen molar-refractivity contribution in [2.24, 2.45) is 0 Å². The highest BCUT2D eigenvalue weighted by atomic mass is 19.3. The standard InChI is InChI=1S/C23H23BF2NO5/c1-32-23(31)15-6-7-17(18(10-15)22(25)26)20(29)8-9-21(30)19-11-14-4-2-3-5-16(14)12-27(19)24-13-28/h2-7,10,13,19,21-22,30H,8-9,11-12H2,1H3/t19-,21+/m0/s1. The zero-order chi connectivity index (χ0) is 23.3. The van der Waals surface area contributed by atoms with Crippen molar-refractivity contribution in [2.75, 3.05) is 7.11 Å². The lowest BCUT2D eigenvalue weighted by Gasteiger charge is -2.38. The van der Waals surface area contributed by atoms with E-state index in [2.05, 4.69) is 4.74 Å². The molecule has 1 aliphatic heterocycles. The summed E-state index contributed by atoms with van der Waals surface area (Å²) in [5.41, 5.74) is 1.30. The SMILES string of the molecule is COC(=O)c1ccc(C(=O)CC[C@@H](O)[C@@H]2Cc3ccccc3CN2[B]C=O)c(C(F)F)c1. The molecule has 9 heteroatoms. The monoisotopic (exact) mass is 442 g/mol. The average molecular weight is 442 g/mol. The second-order valence-electron chi connectivity index (χ2n) is 7.62. The number of carbonyl (C=O) groups excluding carboxylic acids is 3. The zero-order valence-electron chi connectivity index (χ0n) is 17.5. The summed E-state index contributed by atoms with van der Waals surface area (Å²) in [6.07, 6.45) is -2.88. The third-order valence-electron chi connectivity index (χ3n) is 5.70. The number of hydrogen-bond donors (Lipinski definition) is 1. The third kappa shape index (κ3) is 5.28. The molecule has 0 bridgehead atoms. The summed E-state index contributed by atoms with van der Waals surface area (Å²) >= 11 is 0. The van der Waals surface area contributed by atoms with Crippen molar-refractivity contribution in [1.82, 2.24) is 4.81 Å². The Morgan fingerprint density at radius 3 is 2.62 bits per heavy atom. The Kier molecular flexibility index (Phi) is 7.87. The maximum absolute atomic E-state index is 13.5. The Morgan fingerprint density at radius 2 is 1.97 bits per heavy atom. The van der Waals surface area contributed by atoms with Gasteiger partial charge in [0.05, 0.1) is 25.0 Å². The van der Waals surface area contributed by atoms with E-state index in [4.69, 9.17) is 0 Å². The fraction of sp³-hybridized carbons (Fsp3) is 0.348. The Hall–Kier alpha value is -2.91. The lowest BCUT2D eigenvalue weighted by Crippen LogP contribution is -2.49. The van der Waals surface area contributed by atoms with Gasteiger partial charge >= 0.3 is 5.97 Å². The molecule has 1 N–H and O–H groups in total. The molecular formula is C23H23BF2NO5. The minimum atomic E-state index is -2.95. The summed E-state index contributed by atoms with van der Waals surface area (Å²) in [5, 5.41) is 10.8. The predicted octanol–water partition coefficient (Wildman–Crippen LogP) is 2.97. The molecule has 6 nitrogen and oxygen atoms in total. The van der Waals surface area contributed by atoms with Gasteiger partial charge in [0.1, 0.15) is 0 Å². The molecule has 1 radical (unpaired) electrons. The van der Waals surface area contributed by atoms with Gasteiger partial charge in [-0.1, -0.05) is 30.3 Å². The minimum absolute atomic E-state index is 0.0380. The van der Waals surface area contributed by atoms with E-state index >= 15 is 0 Å². The highest BCUT2D eigenvalue weighted by Gasteiger charge is 2.32. The van der Waals surface area contributed by atoms with Crippen LogP contribution in [0.5, 0.6) is 0 Å². The number of benzene rings is 2. The highest BCUT2D eigenvalue weighted by Crippen LogP contribution is 2.28. The van der Waals surface area contributed by atoms with E-state index in [1.54, 1.807) is 4.81 Å². The van der Waals surface area contributed by atoms with Crippen molar-refractivity contribution in [1.29, 1.82) is 0 Å². The molecule has 0 aromatic heterocycles. The zero-order valence-corrected chi connectivity index (χ0v) is 17.5. The molecular weight excluding hydrogens is 419 g/mol. The van der Waals surface area contributed by atoms with Gasteiger partial charge in [0.2, 0.25) is 0 Å². The number of hydrogen-bond acceptors (Lipinski definition) is 6. The molecule has 1 heterocycles. The first-order valence-corrected chi connectivity index (χ1v) is 10.2. The fourth-order valence-electron chi connectivity index (χ4n) is 4.01. The van der Waals surface area contributed by atoms with Crippen molar-refractivity contribution in [2.45, 2.75) is 44.4 Å². The first-order valence-electron chi connectivity index (χ1n) is 10.2. The average Bonchev–Trinajstić information content (AvgIpc) is 2.81. The number of carbonyl (C=O) groups is 3. The largest absolute Gasteiger partial charge is 0.465 e. The number of rotatable bonds is 9. The summed E-state index contributed by atoms with van der Waals surface area (Å²) < 4.78 is 31.5. The Labute approximate surface area is 185 Å². The second kappa shape index (κ2) is 10.6. The maximum Gasteiger partial charge on any atom is 0.337 e. The first kappa shape index (κ1) is 23.8. The van der Waals surface area contributed by atoms with E-state index in [-0.39, 0.29) is 24.0 Å². The van der Waals surface area contributed by atoms with Crippen LogP contribution in [-0.4, -0.2) is 54.5 Å². The Morgan fingerprint density at radius 1 is 1.25 bits per heavy atom. The van der Waals surface area contributed by atoms with Crippen LogP contribution in [0.15, 0.2) is 42.5 Å². The second-order valence-corrected chi connectivity index (χ2v) is 7.62. The van der Waals surface area contributed by atoms with Crippen molar-refractivity contribution in [3.63, 3.8) is 0 Å². The smallest absolute Gasteiger partial charge is 0.337 e. The van der Waals surface area contributed by atoms with Crippen LogP contribution in [0, 0.1) is 0 Å². The maximum atomic E-state index is 13.5. The summed E-state index contributed by atoms with van der Waals surface area (Å²) in [7, 11) is 2.51. The van der Waals surface area contributed by atoms with Crippen LogP contribution in [0.2, 0.25) is 0 Å². The van der Waals surface area contributed by atoms with Gasteiger partial charge in [-0.15, -0.1) is 0 Å². The first-order chi connectivity index (χ1) is 15.3. The number of ketones is 1. The number of Topliss-reactive ketones (excluding diaryl/α,β-unsaturated/α-hetero) is 1. The number of methoxy groups -OCH3 is 1.